The lowest BCUT2D eigenvalue weighted by Gasteiger charge is -2.33. The molecule has 0 radical (unpaired) electrons. The molecule has 0 heterocycles. The maximum atomic E-state index is 6.44. The van der Waals surface area contributed by atoms with Crippen LogP contribution >= 0.6 is 11.6 Å². The number of benzene rings is 1. The number of nitrogens with zero attached hydrogens (tertiary/aromatic N) is 1. The highest BCUT2D eigenvalue weighted by molar-refractivity contribution is 6.32. The molecule has 2 nitrogen and oxygen atoms in total. The third-order valence-corrected chi connectivity index (χ3v) is 4.27. The molecule has 0 aromatic heterocycles. The molecule has 1 aromatic rings. The molecule has 94 valence electrons. The highest BCUT2D eigenvalue weighted by Gasteiger charge is 2.37. The number of rotatable bonds is 3. The van der Waals surface area contributed by atoms with Gasteiger partial charge in [0, 0.05) is 42.3 Å². The molecule has 17 heavy (non-hydrogen) atoms. The van der Waals surface area contributed by atoms with Crippen molar-refractivity contribution in [3.05, 3.63) is 28.8 Å². The van der Waals surface area contributed by atoms with E-state index in [0.717, 1.165) is 17.9 Å². The first-order valence-corrected chi connectivity index (χ1v) is 6.65. The van der Waals surface area contributed by atoms with Crippen molar-refractivity contribution in [1.82, 2.24) is 0 Å². The van der Waals surface area contributed by atoms with Gasteiger partial charge in [0.1, 0.15) is 0 Å². The summed E-state index contributed by atoms with van der Waals surface area (Å²) in [6, 6.07) is 6.14. The van der Waals surface area contributed by atoms with E-state index in [0.29, 0.717) is 6.54 Å². The molecule has 1 aromatic carbocycles. The van der Waals surface area contributed by atoms with Crippen molar-refractivity contribution in [3.63, 3.8) is 0 Å². The molecule has 0 bridgehead atoms. The van der Waals surface area contributed by atoms with Gasteiger partial charge in [-0.1, -0.05) is 30.5 Å². The van der Waals surface area contributed by atoms with Crippen molar-refractivity contribution >= 4 is 17.3 Å². The quantitative estimate of drug-likeness (QED) is 0.895. The third-order valence-electron chi connectivity index (χ3n) is 3.96. The number of anilines is 1. The van der Waals surface area contributed by atoms with Crippen LogP contribution in [0.2, 0.25) is 5.02 Å². The van der Waals surface area contributed by atoms with Crippen LogP contribution in [0.4, 0.5) is 5.69 Å². The molecule has 2 rings (SSSR count). The standard InChI is InChI=1S/C14H21ClN2/c1-17(2)12-7-5-6-11(15)13(12)14(10-16)8-3-4-9-14/h5-7H,3-4,8-10,16H2,1-2H3. The van der Waals surface area contributed by atoms with Crippen molar-refractivity contribution in [2.75, 3.05) is 25.5 Å². The molecule has 3 heteroatoms. The maximum absolute atomic E-state index is 6.44. The number of halogens is 1. The van der Waals surface area contributed by atoms with Crippen LogP contribution in [0, 0.1) is 0 Å². The fourth-order valence-corrected chi connectivity index (χ4v) is 3.39. The predicted octanol–water partition coefficient (Wildman–Crippen LogP) is 3.18. The Bertz CT molecular complexity index is 395. The maximum Gasteiger partial charge on any atom is 0.0464 e. The van der Waals surface area contributed by atoms with E-state index in [1.165, 1.54) is 24.1 Å². The predicted molar refractivity (Wildman–Crippen MR) is 75.0 cm³/mol. The van der Waals surface area contributed by atoms with E-state index < -0.39 is 0 Å². The lowest BCUT2D eigenvalue weighted by Crippen LogP contribution is -2.34. The Hall–Kier alpha value is -0.730. The number of hydrogen-bond acceptors (Lipinski definition) is 2. The van der Waals surface area contributed by atoms with Crippen molar-refractivity contribution in [2.45, 2.75) is 31.1 Å². The first-order chi connectivity index (χ1) is 8.10. The van der Waals surface area contributed by atoms with Gasteiger partial charge in [0.2, 0.25) is 0 Å². The molecule has 0 saturated heterocycles. The fourth-order valence-electron chi connectivity index (χ4n) is 3.02. The summed E-state index contributed by atoms with van der Waals surface area (Å²) in [7, 11) is 4.13. The van der Waals surface area contributed by atoms with E-state index in [2.05, 4.69) is 25.1 Å². The van der Waals surface area contributed by atoms with Crippen molar-refractivity contribution in [1.29, 1.82) is 0 Å². The Morgan fingerprint density at radius 3 is 2.47 bits per heavy atom. The second kappa shape index (κ2) is 4.87. The molecule has 1 aliphatic carbocycles. The van der Waals surface area contributed by atoms with Gasteiger partial charge >= 0.3 is 0 Å². The molecular weight excluding hydrogens is 232 g/mol. The minimum atomic E-state index is 0.0952. The molecular formula is C14H21ClN2. The van der Waals surface area contributed by atoms with Gasteiger partial charge in [-0.25, -0.2) is 0 Å². The van der Waals surface area contributed by atoms with E-state index in [4.69, 9.17) is 17.3 Å². The Morgan fingerprint density at radius 2 is 1.94 bits per heavy atom. The van der Waals surface area contributed by atoms with Crippen LogP contribution in [-0.2, 0) is 5.41 Å². The highest BCUT2D eigenvalue weighted by Crippen LogP contribution is 2.46. The van der Waals surface area contributed by atoms with E-state index >= 15 is 0 Å². The molecule has 1 aliphatic rings. The van der Waals surface area contributed by atoms with Gasteiger partial charge in [-0.3, -0.25) is 0 Å². The van der Waals surface area contributed by atoms with Crippen LogP contribution in [0.3, 0.4) is 0 Å². The van der Waals surface area contributed by atoms with Crippen LogP contribution < -0.4 is 10.6 Å². The lowest BCUT2D eigenvalue weighted by atomic mass is 9.78. The first-order valence-electron chi connectivity index (χ1n) is 6.27. The van der Waals surface area contributed by atoms with Gasteiger partial charge in [0.25, 0.3) is 0 Å². The Morgan fingerprint density at radius 1 is 1.29 bits per heavy atom. The zero-order valence-electron chi connectivity index (χ0n) is 10.7. The fraction of sp³-hybridized carbons (Fsp3) is 0.571. The normalized spacial score (nSPS) is 18.4. The van der Waals surface area contributed by atoms with Gasteiger partial charge in [-0.05, 0) is 25.0 Å². The number of nitrogens with two attached hydrogens (primary N) is 1. The van der Waals surface area contributed by atoms with E-state index in [-0.39, 0.29) is 5.41 Å². The summed E-state index contributed by atoms with van der Waals surface area (Å²) >= 11 is 6.44. The highest BCUT2D eigenvalue weighted by atomic mass is 35.5. The second-order valence-electron chi connectivity index (χ2n) is 5.22. The molecule has 0 aliphatic heterocycles. The van der Waals surface area contributed by atoms with Crippen molar-refractivity contribution in [2.24, 2.45) is 5.73 Å². The van der Waals surface area contributed by atoms with E-state index in [1.807, 2.05) is 12.1 Å². The van der Waals surface area contributed by atoms with Crippen molar-refractivity contribution in [3.8, 4) is 0 Å². The summed E-state index contributed by atoms with van der Waals surface area (Å²) in [6.07, 6.45) is 4.84. The Labute approximate surface area is 109 Å². The van der Waals surface area contributed by atoms with E-state index in [9.17, 15) is 0 Å². The largest absolute Gasteiger partial charge is 0.377 e. The molecule has 0 atom stereocenters. The number of hydrogen-bond donors (Lipinski definition) is 1. The van der Waals surface area contributed by atoms with Crippen LogP contribution in [0.5, 0.6) is 0 Å². The van der Waals surface area contributed by atoms with Crippen LogP contribution in [0.1, 0.15) is 31.2 Å². The summed E-state index contributed by atoms with van der Waals surface area (Å²) in [6.45, 7) is 0.692. The summed E-state index contributed by atoms with van der Waals surface area (Å²) in [4.78, 5) is 2.14. The summed E-state index contributed by atoms with van der Waals surface area (Å²) < 4.78 is 0. The van der Waals surface area contributed by atoms with Crippen molar-refractivity contribution < 1.29 is 0 Å². The molecule has 1 saturated carbocycles. The zero-order valence-corrected chi connectivity index (χ0v) is 11.4. The monoisotopic (exact) mass is 252 g/mol. The summed E-state index contributed by atoms with van der Waals surface area (Å²) in [5.41, 5.74) is 8.63. The van der Waals surface area contributed by atoms with Gasteiger partial charge in [0.15, 0.2) is 0 Å². The van der Waals surface area contributed by atoms with Crippen LogP contribution in [0.25, 0.3) is 0 Å². The molecule has 0 amide bonds. The van der Waals surface area contributed by atoms with Gasteiger partial charge in [0.05, 0.1) is 0 Å². The summed E-state index contributed by atoms with van der Waals surface area (Å²) in [5.74, 6) is 0. The third kappa shape index (κ3) is 2.16. The molecule has 2 N–H and O–H groups in total. The van der Waals surface area contributed by atoms with Gasteiger partial charge in [-0.2, -0.15) is 0 Å². The summed E-state index contributed by atoms with van der Waals surface area (Å²) in [5, 5.41) is 0.864. The minimum Gasteiger partial charge on any atom is -0.377 e. The molecule has 0 unspecified atom stereocenters. The first kappa shape index (κ1) is 12.7. The van der Waals surface area contributed by atoms with Gasteiger partial charge < -0.3 is 10.6 Å². The zero-order chi connectivity index (χ0) is 12.5. The Kier molecular flexibility index (Phi) is 3.64. The topological polar surface area (TPSA) is 29.3 Å². The van der Waals surface area contributed by atoms with Gasteiger partial charge in [-0.15, -0.1) is 0 Å². The molecule has 1 fully saturated rings. The van der Waals surface area contributed by atoms with Crippen LogP contribution in [-0.4, -0.2) is 20.6 Å². The van der Waals surface area contributed by atoms with E-state index in [1.54, 1.807) is 0 Å². The second-order valence-corrected chi connectivity index (χ2v) is 5.63. The average Bonchev–Trinajstić information content (AvgIpc) is 2.78. The lowest BCUT2D eigenvalue weighted by molar-refractivity contribution is 0.453. The molecule has 0 spiro atoms. The SMILES string of the molecule is CN(C)c1cccc(Cl)c1C1(CN)CCCC1. The minimum absolute atomic E-state index is 0.0952. The Balaban J connectivity index is 2.56. The average molecular weight is 253 g/mol. The smallest absolute Gasteiger partial charge is 0.0464 e. The van der Waals surface area contributed by atoms with Crippen LogP contribution in [0.15, 0.2) is 18.2 Å².